The number of rotatable bonds is 12. The number of aromatic nitrogens is 3. The lowest BCUT2D eigenvalue weighted by Gasteiger charge is -2.26. The van der Waals surface area contributed by atoms with Crippen molar-refractivity contribution in [3.8, 4) is 17.6 Å². The van der Waals surface area contributed by atoms with Gasteiger partial charge >= 0.3 is 5.97 Å². The first-order valence-corrected chi connectivity index (χ1v) is 15.4. The lowest BCUT2D eigenvalue weighted by atomic mass is 9.91. The number of fused-ring (bicyclic) bond motifs is 1. The quantitative estimate of drug-likeness (QED) is 0.156. The minimum absolute atomic E-state index is 0.256. The van der Waals surface area contributed by atoms with Crippen LogP contribution in [0.4, 0.5) is 34.5 Å². The molecule has 0 fully saturated rings. The summed E-state index contributed by atoms with van der Waals surface area (Å²) in [5.41, 5.74) is 11.0. The zero-order valence-electron chi connectivity index (χ0n) is 28.0. The minimum atomic E-state index is -0.502. The van der Waals surface area contributed by atoms with Gasteiger partial charge < -0.3 is 35.2 Å². The Hall–Kier alpha value is -4.56. The molecule has 0 amide bonds. The number of hydrogen-bond acceptors (Lipinski definition) is 11. The van der Waals surface area contributed by atoms with Gasteiger partial charge in [-0.2, -0.15) is 4.98 Å². The molecule has 0 radical (unpaired) electrons. The molecule has 3 aromatic rings. The number of nitrogens with one attached hydrogen (secondary N) is 1. The third-order valence-electron chi connectivity index (χ3n) is 7.85. The molecular weight excluding hydrogens is 568 g/mol. The Morgan fingerprint density at radius 3 is 2.56 bits per heavy atom. The number of pyridine rings is 1. The van der Waals surface area contributed by atoms with Crippen LogP contribution in [-0.2, 0) is 10.2 Å². The predicted molar refractivity (Wildman–Crippen MR) is 181 cm³/mol. The van der Waals surface area contributed by atoms with Crippen molar-refractivity contribution >= 4 is 40.5 Å². The number of nitrogen functional groups attached to an aromatic ring is 1. The molecule has 0 aliphatic carbocycles. The minimum Gasteiger partial charge on any atom is -0.494 e. The number of nitrogens with zero attached hydrogens (tertiary/aromatic N) is 6. The molecule has 0 unspecified atom stereocenters. The van der Waals surface area contributed by atoms with Crippen LogP contribution in [0.3, 0.4) is 0 Å². The average Bonchev–Trinajstić information content (AvgIpc) is 3.27. The lowest BCUT2D eigenvalue weighted by Crippen LogP contribution is -2.33. The molecule has 11 heteroatoms. The van der Waals surface area contributed by atoms with Gasteiger partial charge in [0.25, 0.3) is 0 Å². The van der Waals surface area contributed by atoms with E-state index in [4.69, 9.17) is 25.2 Å². The summed E-state index contributed by atoms with van der Waals surface area (Å²) in [4.78, 5) is 34.0. The van der Waals surface area contributed by atoms with Crippen LogP contribution < -0.4 is 25.6 Å². The third-order valence-corrected chi connectivity index (χ3v) is 7.85. The number of ether oxygens (including phenoxy) is 2. The summed E-state index contributed by atoms with van der Waals surface area (Å²) in [5.74, 6) is 6.74. The van der Waals surface area contributed by atoms with Gasteiger partial charge in [-0.15, -0.1) is 0 Å². The zero-order valence-corrected chi connectivity index (χ0v) is 28.0. The van der Waals surface area contributed by atoms with E-state index >= 15 is 0 Å². The van der Waals surface area contributed by atoms with Crippen LogP contribution in [0.5, 0.6) is 5.75 Å². The predicted octanol–water partition coefficient (Wildman–Crippen LogP) is 5.35. The Balaban J connectivity index is 1.72. The van der Waals surface area contributed by atoms with Crippen LogP contribution in [0.1, 0.15) is 70.2 Å². The smallest absolute Gasteiger partial charge is 0.343 e. The highest BCUT2D eigenvalue weighted by Crippen LogP contribution is 2.44. The monoisotopic (exact) mass is 614 g/mol. The van der Waals surface area contributed by atoms with Gasteiger partial charge in [-0.25, -0.2) is 14.8 Å². The van der Waals surface area contributed by atoms with Gasteiger partial charge in [0.05, 0.1) is 41.7 Å². The van der Waals surface area contributed by atoms with Gasteiger partial charge in [0.1, 0.15) is 17.0 Å². The molecule has 0 saturated heterocycles. The van der Waals surface area contributed by atoms with Crippen LogP contribution in [-0.4, -0.2) is 78.8 Å². The lowest BCUT2D eigenvalue weighted by molar-refractivity contribution is 0.0378. The molecule has 1 aliphatic heterocycles. The van der Waals surface area contributed by atoms with E-state index in [1.807, 2.05) is 50.1 Å². The Labute approximate surface area is 267 Å². The fourth-order valence-corrected chi connectivity index (χ4v) is 5.43. The van der Waals surface area contributed by atoms with Gasteiger partial charge in [0.15, 0.2) is 5.82 Å². The maximum absolute atomic E-state index is 13.3. The Morgan fingerprint density at radius 2 is 1.91 bits per heavy atom. The van der Waals surface area contributed by atoms with Crippen molar-refractivity contribution in [2.75, 3.05) is 67.7 Å². The normalized spacial score (nSPS) is 13.4. The summed E-state index contributed by atoms with van der Waals surface area (Å²) < 4.78 is 11.3. The number of benzene rings is 1. The number of methoxy groups -OCH3 is 1. The van der Waals surface area contributed by atoms with Crippen LogP contribution >= 0.6 is 0 Å². The first kappa shape index (κ1) is 33.3. The molecule has 0 spiro atoms. The van der Waals surface area contributed by atoms with Gasteiger partial charge in [-0.05, 0) is 58.0 Å². The summed E-state index contributed by atoms with van der Waals surface area (Å²) >= 11 is 0. The van der Waals surface area contributed by atoms with Crippen LogP contribution in [0, 0.1) is 11.8 Å². The molecule has 2 aromatic heterocycles. The number of carbonyl (C=O) groups excluding carboxylic acids is 1. The molecule has 1 aliphatic rings. The highest BCUT2D eigenvalue weighted by atomic mass is 16.5. The molecule has 0 atom stereocenters. The van der Waals surface area contributed by atoms with Crippen molar-refractivity contribution < 1.29 is 14.3 Å². The Bertz CT molecular complexity index is 1590. The number of anilines is 6. The van der Waals surface area contributed by atoms with E-state index in [0.717, 1.165) is 43.2 Å². The van der Waals surface area contributed by atoms with E-state index in [-0.39, 0.29) is 23.0 Å². The topological polar surface area (TPSA) is 122 Å². The van der Waals surface area contributed by atoms with Crippen molar-refractivity contribution in [3.63, 3.8) is 0 Å². The molecule has 0 bridgehead atoms. The highest BCUT2D eigenvalue weighted by Gasteiger charge is 2.40. The molecular formula is C34H46N8O3. The van der Waals surface area contributed by atoms with Gasteiger partial charge in [-0.3, -0.25) is 0 Å². The Morgan fingerprint density at radius 1 is 1.18 bits per heavy atom. The largest absolute Gasteiger partial charge is 0.494 e. The summed E-state index contributed by atoms with van der Waals surface area (Å²) in [6.07, 6.45) is 1.19. The first-order valence-electron chi connectivity index (χ1n) is 15.4. The van der Waals surface area contributed by atoms with Crippen molar-refractivity contribution in [3.05, 3.63) is 47.4 Å². The summed E-state index contributed by atoms with van der Waals surface area (Å²) in [6.45, 7) is 18.2. The number of esters is 1. The maximum atomic E-state index is 13.3. The molecule has 11 nitrogen and oxygen atoms in total. The van der Waals surface area contributed by atoms with E-state index < -0.39 is 5.97 Å². The van der Waals surface area contributed by atoms with E-state index in [2.05, 4.69) is 59.6 Å². The van der Waals surface area contributed by atoms with Gasteiger partial charge in [-0.1, -0.05) is 33.6 Å². The number of carbonyl (C=O) groups is 1. The van der Waals surface area contributed by atoms with Crippen molar-refractivity contribution in [2.24, 2.45) is 0 Å². The highest BCUT2D eigenvalue weighted by molar-refractivity contribution is 5.96. The molecule has 4 rings (SSSR count). The van der Waals surface area contributed by atoms with Crippen molar-refractivity contribution in [1.29, 1.82) is 0 Å². The maximum Gasteiger partial charge on any atom is 0.343 e. The molecule has 0 saturated carbocycles. The second-order valence-corrected chi connectivity index (χ2v) is 12.0. The average molecular weight is 615 g/mol. The second-order valence-electron chi connectivity index (χ2n) is 12.0. The van der Waals surface area contributed by atoms with Crippen LogP contribution in [0.15, 0.2) is 30.5 Å². The first-order chi connectivity index (χ1) is 21.4. The third kappa shape index (κ3) is 7.40. The van der Waals surface area contributed by atoms with E-state index in [9.17, 15) is 4.79 Å². The molecule has 45 heavy (non-hydrogen) atoms. The van der Waals surface area contributed by atoms with Crippen molar-refractivity contribution in [1.82, 2.24) is 19.9 Å². The second kappa shape index (κ2) is 14.0. The number of hydrogen-bond donors (Lipinski definition) is 2. The van der Waals surface area contributed by atoms with E-state index in [0.29, 0.717) is 35.2 Å². The fraction of sp³-hybridized carbons (Fsp3) is 0.471. The van der Waals surface area contributed by atoms with E-state index in [1.165, 1.54) is 6.20 Å². The molecule has 240 valence electrons. The molecule has 3 heterocycles. The van der Waals surface area contributed by atoms with Crippen LogP contribution in [0.2, 0.25) is 0 Å². The summed E-state index contributed by atoms with van der Waals surface area (Å²) in [5, 5.41) is 3.27. The standard InChI is InChI=1S/C34H46N8O3/c1-10-13-23-14-15-27-30(37-23)34(6,7)21-42(27)31-24(32(43)45-22(4)5)20-36-33(39-31)38-26-18-25(35)28(19-29(26)44-9)40(8)16-17-41(11-2)12-3/h14-15,18-20,22H,11-12,16-17,21,35H2,1-9H3,(H,36,38,39). The van der Waals surface area contributed by atoms with Gasteiger partial charge in [0, 0.05) is 44.4 Å². The number of nitrogens with two attached hydrogens (primary N) is 1. The summed E-state index contributed by atoms with van der Waals surface area (Å²) in [7, 11) is 3.63. The fourth-order valence-electron chi connectivity index (χ4n) is 5.43. The van der Waals surface area contributed by atoms with Crippen molar-refractivity contribution in [2.45, 2.75) is 60.0 Å². The van der Waals surface area contributed by atoms with Crippen LogP contribution in [0.25, 0.3) is 0 Å². The zero-order chi connectivity index (χ0) is 32.9. The molecule has 1 aromatic carbocycles. The Kier molecular flexibility index (Phi) is 10.4. The summed E-state index contributed by atoms with van der Waals surface area (Å²) in [6, 6.07) is 7.59. The van der Waals surface area contributed by atoms with E-state index in [1.54, 1.807) is 14.0 Å². The number of likely N-dealkylation sites (N-methyl/N-ethyl adjacent to an activating group) is 2. The SMILES string of the molecule is CC#Cc1ccc2c(n1)C(C)(C)CN2c1nc(Nc2cc(N)c(N(C)CCN(CC)CC)cc2OC)ncc1C(=O)OC(C)C. The molecule has 3 N–H and O–H groups in total. The van der Waals surface area contributed by atoms with Gasteiger partial charge in [0.2, 0.25) is 5.95 Å².